The average Bonchev–Trinajstić information content (AvgIpc) is 3.12. The fourth-order valence-electron chi connectivity index (χ4n) is 2.68. The third-order valence-electron chi connectivity index (χ3n) is 4.29. The summed E-state index contributed by atoms with van der Waals surface area (Å²) in [5, 5.41) is 12.9. The predicted molar refractivity (Wildman–Crippen MR) is 91.4 cm³/mol. The molecule has 1 aliphatic carbocycles. The van der Waals surface area contributed by atoms with Crippen LogP contribution in [-0.2, 0) is 5.54 Å². The standard InChI is InChI=1S/C15H15ClN6O.ClH/c1-9-12(13-18-14(20-23-13)15(17)7-4-8-15)19-21-22(9)11-6-3-2-5-10(11)16;/h2-3,5-6H,4,7-8,17H2,1H3;1H. The second kappa shape index (κ2) is 6.16. The molecule has 0 atom stereocenters. The van der Waals surface area contributed by atoms with Gasteiger partial charge in [-0.25, -0.2) is 4.68 Å². The molecule has 7 nitrogen and oxygen atoms in total. The van der Waals surface area contributed by atoms with Crippen molar-refractivity contribution in [2.24, 2.45) is 5.73 Å². The molecule has 0 saturated heterocycles. The number of benzene rings is 1. The van der Waals surface area contributed by atoms with Crippen molar-refractivity contribution in [3.63, 3.8) is 0 Å². The Morgan fingerprint density at radius 3 is 2.71 bits per heavy atom. The Kier molecular flexibility index (Phi) is 4.33. The summed E-state index contributed by atoms with van der Waals surface area (Å²) in [6.07, 6.45) is 2.83. The van der Waals surface area contributed by atoms with Gasteiger partial charge in [-0.15, -0.1) is 17.5 Å². The number of nitrogens with zero attached hydrogens (tertiary/aromatic N) is 5. The van der Waals surface area contributed by atoms with Crippen LogP contribution in [-0.4, -0.2) is 25.1 Å². The minimum absolute atomic E-state index is 0. The molecular formula is C15H16Cl2N6O. The van der Waals surface area contributed by atoms with Gasteiger partial charge in [-0.2, -0.15) is 4.98 Å². The maximum absolute atomic E-state index is 6.23. The van der Waals surface area contributed by atoms with E-state index in [9.17, 15) is 0 Å². The molecule has 126 valence electrons. The van der Waals surface area contributed by atoms with Crippen molar-refractivity contribution in [1.29, 1.82) is 0 Å². The van der Waals surface area contributed by atoms with E-state index in [2.05, 4.69) is 20.5 Å². The summed E-state index contributed by atoms with van der Waals surface area (Å²) in [4.78, 5) is 4.41. The highest BCUT2D eigenvalue weighted by atomic mass is 35.5. The second-order valence-electron chi connectivity index (χ2n) is 5.82. The molecule has 1 aromatic carbocycles. The molecule has 0 radical (unpaired) electrons. The first-order chi connectivity index (χ1) is 11.1. The van der Waals surface area contributed by atoms with Crippen LogP contribution in [0, 0.1) is 6.92 Å². The molecular weight excluding hydrogens is 351 g/mol. The Bertz CT molecular complexity index is 870. The zero-order valence-electron chi connectivity index (χ0n) is 12.9. The smallest absolute Gasteiger partial charge is 0.280 e. The normalized spacial score (nSPS) is 15.6. The maximum atomic E-state index is 6.23. The minimum atomic E-state index is -0.464. The molecule has 3 aromatic rings. The number of aromatic nitrogens is 5. The number of hydrogen-bond acceptors (Lipinski definition) is 6. The van der Waals surface area contributed by atoms with Crippen LogP contribution in [0.5, 0.6) is 0 Å². The lowest BCUT2D eigenvalue weighted by atomic mass is 9.77. The summed E-state index contributed by atoms with van der Waals surface area (Å²) >= 11 is 6.22. The van der Waals surface area contributed by atoms with Crippen LogP contribution in [0.2, 0.25) is 5.02 Å². The van der Waals surface area contributed by atoms with Gasteiger partial charge in [0.1, 0.15) is 0 Å². The zero-order valence-corrected chi connectivity index (χ0v) is 14.5. The predicted octanol–water partition coefficient (Wildman–Crippen LogP) is 3.04. The van der Waals surface area contributed by atoms with E-state index >= 15 is 0 Å². The lowest BCUT2D eigenvalue weighted by Gasteiger charge is -2.34. The Labute approximate surface area is 149 Å². The highest BCUT2D eigenvalue weighted by Crippen LogP contribution is 2.37. The quantitative estimate of drug-likeness (QED) is 0.765. The van der Waals surface area contributed by atoms with E-state index in [4.69, 9.17) is 21.9 Å². The van der Waals surface area contributed by atoms with Gasteiger partial charge in [0, 0.05) is 0 Å². The molecule has 1 aliphatic rings. The van der Waals surface area contributed by atoms with E-state index in [1.165, 1.54) is 0 Å². The van der Waals surface area contributed by atoms with E-state index in [0.717, 1.165) is 30.6 Å². The van der Waals surface area contributed by atoms with Gasteiger partial charge in [0.15, 0.2) is 11.5 Å². The third kappa shape index (κ3) is 2.58. The summed E-state index contributed by atoms with van der Waals surface area (Å²) < 4.78 is 7.00. The van der Waals surface area contributed by atoms with E-state index in [-0.39, 0.29) is 12.4 Å². The topological polar surface area (TPSA) is 95.7 Å². The summed E-state index contributed by atoms with van der Waals surface area (Å²) in [5.74, 6) is 0.859. The van der Waals surface area contributed by atoms with Gasteiger partial charge in [0.2, 0.25) is 0 Å². The number of rotatable bonds is 3. The Morgan fingerprint density at radius 1 is 1.29 bits per heavy atom. The highest BCUT2D eigenvalue weighted by molar-refractivity contribution is 6.32. The van der Waals surface area contributed by atoms with Gasteiger partial charge >= 0.3 is 0 Å². The van der Waals surface area contributed by atoms with Crippen LogP contribution < -0.4 is 5.73 Å². The van der Waals surface area contributed by atoms with Crippen LogP contribution in [0.4, 0.5) is 0 Å². The summed E-state index contributed by atoms with van der Waals surface area (Å²) in [5.41, 5.74) is 7.82. The average molecular weight is 367 g/mol. The molecule has 9 heteroatoms. The van der Waals surface area contributed by atoms with Gasteiger partial charge in [-0.3, -0.25) is 0 Å². The minimum Gasteiger partial charge on any atom is -0.332 e. The lowest BCUT2D eigenvalue weighted by Crippen LogP contribution is -2.44. The summed E-state index contributed by atoms with van der Waals surface area (Å²) in [7, 11) is 0. The molecule has 2 aromatic heterocycles. The van der Waals surface area contributed by atoms with Crippen molar-refractivity contribution < 1.29 is 4.52 Å². The lowest BCUT2D eigenvalue weighted by molar-refractivity contribution is 0.229. The molecule has 0 aliphatic heterocycles. The summed E-state index contributed by atoms with van der Waals surface area (Å²) in [6.45, 7) is 1.88. The molecule has 4 rings (SSSR count). The first kappa shape index (κ1) is 16.9. The van der Waals surface area contributed by atoms with Gasteiger partial charge in [-0.05, 0) is 38.3 Å². The van der Waals surface area contributed by atoms with Crippen molar-refractivity contribution >= 4 is 24.0 Å². The number of halogens is 2. The molecule has 0 unspecified atom stereocenters. The van der Waals surface area contributed by atoms with E-state index in [1.807, 2.05) is 25.1 Å². The van der Waals surface area contributed by atoms with Crippen molar-refractivity contribution in [2.45, 2.75) is 31.7 Å². The van der Waals surface area contributed by atoms with Crippen molar-refractivity contribution in [3.05, 3.63) is 40.8 Å². The first-order valence-corrected chi connectivity index (χ1v) is 7.77. The van der Waals surface area contributed by atoms with Crippen LogP contribution in [0.15, 0.2) is 28.8 Å². The fourth-order valence-corrected chi connectivity index (χ4v) is 2.90. The SMILES string of the molecule is Cc1c(-c2nc(C3(N)CCC3)no2)nnn1-c1ccccc1Cl.Cl. The van der Waals surface area contributed by atoms with Crippen molar-refractivity contribution in [2.75, 3.05) is 0 Å². The molecule has 0 amide bonds. The number of hydrogen-bond donors (Lipinski definition) is 1. The first-order valence-electron chi connectivity index (χ1n) is 7.39. The number of para-hydroxylation sites is 1. The largest absolute Gasteiger partial charge is 0.332 e. The van der Waals surface area contributed by atoms with Gasteiger partial charge in [0.05, 0.1) is 21.9 Å². The fraction of sp³-hybridized carbons (Fsp3) is 0.333. The monoisotopic (exact) mass is 366 g/mol. The van der Waals surface area contributed by atoms with E-state index in [1.54, 1.807) is 10.7 Å². The van der Waals surface area contributed by atoms with Crippen LogP contribution in [0.25, 0.3) is 17.3 Å². The molecule has 2 heterocycles. The van der Waals surface area contributed by atoms with Crippen LogP contribution in [0.1, 0.15) is 30.8 Å². The van der Waals surface area contributed by atoms with Crippen molar-refractivity contribution in [3.8, 4) is 17.3 Å². The van der Waals surface area contributed by atoms with Crippen LogP contribution in [0.3, 0.4) is 0 Å². The zero-order chi connectivity index (χ0) is 16.0. The van der Waals surface area contributed by atoms with E-state index < -0.39 is 5.54 Å². The molecule has 24 heavy (non-hydrogen) atoms. The second-order valence-corrected chi connectivity index (χ2v) is 6.23. The number of nitrogens with two attached hydrogens (primary N) is 1. The molecule has 2 N–H and O–H groups in total. The van der Waals surface area contributed by atoms with Crippen LogP contribution >= 0.6 is 24.0 Å². The van der Waals surface area contributed by atoms with Gasteiger partial charge in [0.25, 0.3) is 5.89 Å². The molecule has 1 saturated carbocycles. The third-order valence-corrected chi connectivity index (χ3v) is 4.61. The molecule has 0 bridgehead atoms. The Hall–Kier alpha value is -1.96. The maximum Gasteiger partial charge on any atom is 0.280 e. The van der Waals surface area contributed by atoms with Crippen molar-refractivity contribution in [1.82, 2.24) is 25.1 Å². The molecule has 1 fully saturated rings. The van der Waals surface area contributed by atoms with Gasteiger partial charge in [-0.1, -0.05) is 34.1 Å². The Morgan fingerprint density at radius 2 is 2.04 bits per heavy atom. The Balaban J connectivity index is 0.00000169. The molecule has 0 spiro atoms. The van der Waals surface area contributed by atoms with Gasteiger partial charge < -0.3 is 10.3 Å². The summed E-state index contributed by atoms with van der Waals surface area (Å²) in [6, 6.07) is 7.43. The highest BCUT2D eigenvalue weighted by Gasteiger charge is 2.39. The van der Waals surface area contributed by atoms with E-state index in [0.29, 0.717) is 22.4 Å².